The number of hydrogen-bond acceptors (Lipinski definition) is 3. The topological polar surface area (TPSA) is 61.7 Å². The number of benzene rings is 2. The van der Waals surface area contributed by atoms with Gasteiger partial charge in [-0.05, 0) is 36.6 Å². The molecule has 0 aliphatic heterocycles. The molecular weight excluding hydrogens is 276 g/mol. The van der Waals surface area contributed by atoms with Crippen molar-refractivity contribution < 1.29 is 9.90 Å². The highest BCUT2D eigenvalue weighted by molar-refractivity contribution is 6.01. The van der Waals surface area contributed by atoms with Crippen molar-refractivity contribution in [3.63, 3.8) is 0 Å². The molecule has 0 radical (unpaired) electrons. The Kier molecular flexibility index (Phi) is 5.31. The minimum Gasteiger partial charge on any atom is -0.507 e. The Morgan fingerprint density at radius 1 is 1.14 bits per heavy atom. The lowest BCUT2D eigenvalue weighted by Gasteiger charge is -2.05. The van der Waals surface area contributed by atoms with Gasteiger partial charge >= 0.3 is 0 Å². The second-order valence-electron chi connectivity index (χ2n) is 5.10. The van der Waals surface area contributed by atoms with Crippen molar-refractivity contribution in [3.05, 3.63) is 65.2 Å². The van der Waals surface area contributed by atoms with Gasteiger partial charge in [0.05, 0.1) is 11.3 Å². The second-order valence-corrected chi connectivity index (χ2v) is 5.10. The maximum absolute atomic E-state index is 12.0. The highest BCUT2D eigenvalue weighted by Crippen LogP contribution is 2.15. The molecule has 0 aromatic heterocycles. The predicted octanol–water partition coefficient (Wildman–Crippen LogP) is 3.50. The first-order valence-electron chi connectivity index (χ1n) is 7.33. The molecule has 22 heavy (non-hydrogen) atoms. The molecule has 0 aliphatic rings. The van der Waals surface area contributed by atoms with Crippen LogP contribution in [0.25, 0.3) is 0 Å². The van der Waals surface area contributed by atoms with E-state index in [-0.39, 0.29) is 11.3 Å². The monoisotopic (exact) mass is 296 g/mol. The Bertz CT molecular complexity index is 676. The Balaban J connectivity index is 2.06. The normalized spacial score (nSPS) is 11.3. The number of rotatable bonds is 5. The van der Waals surface area contributed by atoms with Gasteiger partial charge < -0.3 is 5.11 Å². The Labute approximate surface area is 130 Å². The van der Waals surface area contributed by atoms with E-state index in [9.17, 15) is 9.90 Å². The quantitative estimate of drug-likeness (QED) is 0.655. The van der Waals surface area contributed by atoms with Crippen LogP contribution in [0.1, 0.15) is 41.8 Å². The molecule has 2 aromatic rings. The minimum absolute atomic E-state index is 0.0585. The number of amides is 1. The number of carbonyl (C=O) groups is 1. The Hall–Kier alpha value is -2.62. The molecule has 2 rings (SSSR count). The van der Waals surface area contributed by atoms with Crippen LogP contribution in [0, 0.1) is 0 Å². The number of nitrogens with zero attached hydrogens (tertiary/aromatic N) is 1. The summed E-state index contributed by atoms with van der Waals surface area (Å²) < 4.78 is 0. The van der Waals surface area contributed by atoms with Crippen LogP contribution in [0.4, 0.5) is 0 Å². The summed E-state index contributed by atoms with van der Waals surface area (Å²) in [4.78, 5) is 12.0. The molecule has 0 atom stereocenters. The van der Waals surface area contributed by atoms with Gasteiger partial charge in [-0.15, -0.1) is 0 Å². The first kappa shape index (κ1) is 15.8. The van der Waals surface area contributed by atoms with Crippen LogP contribution in [0.5, 0.6) is 5.75 Å². The predicted molar refractivity (Wildman–Crippen MR) is 88.2 cm³/mol. The summed E-state index contributed by atoms with van der Waals surface area (Å²) in [5, 5.41) is 13.7. The number of nitrogens with one attached hydrogen (secondary N) is 1. The molecule has 2 aromatic carbocycles. The van der Waals surface area contributed by atoms with E-state index >= 15 is 0 Å². The van der Waals surface area contributed by atoms with Crippen molar-refractivity contribution in [2.24, 2.45) is 5.10 Å². The van der Waals surface area contributed by atoms with E-state index in [1.807, 2.05) is 19.1 Å². The molecule has 0 spiro atoms. The third-order valence-corrected chi connectivity index (χ3v) is 3.38. The third-order valence-electron chi connectivity index (χ3n) is 3.38. The van der Waals surface area contributed by atoms with Crippen molar-refractivity contribution in [1.29, 1.82) is 0 Å². The van der Waals surface area contributed by atoms with Crippen LogP contribution >= 0.6 is 0 Å². The Morgan fingerprint density at radius 3 is 2.45 bits per heavy atom. The molecule has 0 bridgehead atoms. The van der Waals surface area contributed by atoms with Gasteiger partial charge in [0.15, 0.2) is 0 Å². The molecule has 0 heterocycles. The third kappa shape index (κ3) is 3.95. The van der Waals surface area contributed by atoms with Crippen LogP contribution in [-0.4, -0.2) is 16.7 Å². The summed E-state index contributed by atoms with van der Waals surface area (Å²) in [6.45, 7) is 3.98. The molecule has 0 fully saturated rings. The maximum atomic E-state index is 12.0. The van der Waals surface area contributed by atoms with Gasteiger partial charge in [0, 0.05) is 0 Å². The number of phenolic OH excluding ortho intramolecular Hbond substituents is 1. The zero-order valence-corrected chi connectivity index (χ0v) is 12.8. The van der Waals surface area contributed by atoms with E-state index in [0.29, 0.717) is 5.71 Å². The van der Waals surface area contributed by atoms with Crippen LogP contribution in [0.15, 0.2) is 53.6 Å². The lowest BCUT2D eigenvalue weighted by Crippen LogP contribution is -2.19. The van der Waals surface area contributed by atoms with Crippen LogP contribution in [0.3, 0.4) is 0 Å². The lowest BCUT2D eigenvalue weighted by molar-refractivity contribution is 0.0952. The molecule has 4 heteroatoms. The first-order valence-corrected chi connectivity index (χ1v) is 7.33. The van der Waals surface area contributed by atoms with Gasteiger partial charge in [-0.25, -0.2) is 5.43 Å². The number of aromatic hydroxyl groups is 1. The summed E-state index contributed by atoms with van der Waals surface area (Å²) >= 11 is 0. The van der Waals surface area contributed by atoms with Gasteiger partial charge in [0.25, 0.3) is 5.91 Å². The summed E-state index contributed by atoms with van der Waals surface area (Å²) in [6, 6.07) is 14.5. The average Bonchev–Trinajstić information content (AvgIpc) is 2.54. The van der Waals surface area contributed by atoms with Gasteiger partial charge in [0.2, 0.25) is 0 Å². The fraction of sp³-hybridized carbons (Fsp3) is 0.222. The van der Waals surface area contributed by atoms with E-state index in [2.05, 4.69) is 29.6 Å². The van der Waals surface area contributed by atoms with Gasteiger partial charge in [-0.2, -0.15) is 5.10 Å². The summed E-state index contributed by atoms with van der Waals surface area (Å²) in [5.74, 6) is -0.489. The number of para-hydroxylation sites is 1. The molecule has 2 N–H and O–H groups in total. The molecule has 0 aliphatic carbocycles. The SMILES string of the molecule is CCCc1ccc(/C(C)=N/NC(=O)c2ccccc2O)cc1. The van der Waals surface area contributed by atoms with E-state index in [0.717, 1.165) is 18.4 Å². The Morgan fingerprint density at radius 2 is 1.82 bits per heavy atom. The molecule has 1 amide bonds. The minimum atomic E-state index is -0.431. The van der Waals surface area contributed by atoms with Crippen molar-refractivity contribution in [2.75, 3.05) is 0 Å². The zero-order valence-electron chi connectivity index (χ0n) is 12.8. The van der Waals surface area contributed by atoms with Crippen molar-refractivity contribution in [1.82, 2.24) is 5.43 Å². The lowest BCUT2D eigenvalue weighted by atomic mass is 10.1. The number of aryl methyl sites for hydroxylation is 1. The number of hydrogen-bond donors (Lipinski definition) is 2. The van der Waals surface area contributed by atoms with Crippen molar-refractivity contribution >= 4 is 11.6 Å². The zero-order chi connectivity index (χ0) is 15.9. The highest BCUT2D eigenvalue weighted by atomic mass is 16.3. The van der Waals surface area contributed by atoms with Crippen LogP contribution in [-0.2, 0) is 6.42 Å². The fourth-order valence-corrected chi connectivity index (χ4v) is 2.13. The largest absolute Gasteiger partial charge is 0.507 e. The summed E-state index contributed by atoms with van der Waals surface area (Å²) in [6.07, 6.45) is 2.17. The van der Waals surface area contributed by atoms with Crippen LogP contribution in [0.2, 0.25) is 0 Å². The van der Waals surface area contributed by atoms with E-state index in [1.165, 1.54) is 11.6 Å². The fourth-order valence-electron chi connectivity index (χ4n) is 2.13. The van der Waals surface area contributed by atoms with Gasteiger partial charge in [-0.1, -0.05) is 49.7 Å². The number of hydrazone groups is 1. The summed E-state index contributed by atoms with van der Waals surface area (Å²) in [5.41, 5.74) is 5.63. The van der Waals surface area contributed by atoms with Crippen LogP contribution < -0.4 is 5.43 Å². The molecule has 114 valence electrons. The molecule has 0 unspecified atom stereocenters. The highest BCUT2D eigenvalue weighted by Gasteiger charge is 2.09. The van der Waals surface area contributed by atoms with Gasteiger partial charge in [0.1, 0.15) is 5.75 Å². The van der Waals surface area contributed by atoms with E-state index < -0.39 is 5.91 Å². The molecule has 0 saturated heterocycles. The molecule has 0 saturated carbocycles. The first-order chi connectivity index (χ1) is 10.6. The smallest absolute Gasteiger partial charge is 0.275 e. The second kappa shape index (κ2) is 7.41. The van der Waals surface area contributed by atoms with E-state index in [1.54, 1.807) is 18.2 Å². The van der Waals surface area contributed by atoms with Crippen molar-refractivity contribution in [2.45, 2.75) is 26.7 Å². The van der Waals surface area contributed by atoms with Gasteiger partial charge in [-0.3, -0.25) is 4.79 Å². The average molecular weight is 296 g/mol. The molecular formula is C18H20N2O2. The van der Waals surface area contributed by atoms with E-state index in [4.69, 9.17) is 0 Å². The molecule has 4 nitrogen and oxygen atoms in total. The number of carbonyl (C=O) groups excluding carboxylic acids is 1. The van der Waals surface area contributed by atoms with Crippen molar-refractivity contribution in [3.8, 4) is 5.75 Å². The summed E-state index contributed by atoms with van der Waals surface area (Å²) in [7, 11) is 0. The standard InChI is InChI=1S/C18H20N2O2/c1-3-6-14-9-11-15(12-10-14)13(2)19-20-18(22)16-7-4-5-8-17(16)21/h4-5,7-12,21H,3,6H2,1-2H3,(H,20,22)/b19-13+. The number of phenols is 1. The maximum Gasteiger partial charge on any atom is 0.275 e.